The van der Waals surface area contributed by atoms with Crippen LogP contribution >= 0.6 is 0 Å². The maximum absolute atomic E-state index is 13.6. The Bertz CT molecular complexity index is 1740. The maximum Gasteiger partial charge on any atom is 0.387 e. The number of hydrogen-bond acceptors (Lipinski definition) is 9. The van der Waals surface area contributed by atoms with Crippen LogP contribution in [0.5, 0.6) is 5.75 Å². The lowest BCUT2D eigenvalue weighted by molar-refractivity contribution is -0.138. The first-order valence-electron chi connectivity index (χ1n) is 13.1. The molecule has 1 aliphatic heterocycles. The zero-order chi connectivity index (χ0) is 31.5. The van der Waals surface area contributed by atoms with Gasteiger partial charge in [0.25, 0.3) is 0 Å². The molecule has 5 rings (SSSR count). The van der Waals surface area contributed by atoms with Gasteiger partial charge in [0.05, 0.1) is 42.6 Å². The lowest BCUT2D eigenvalue weighted by Gasteiger charge is -2.26. The van der Waals surface area contributed by atoms with Gasteiger partial charge in [-0.2, -0.15) is 19.0 Å². The molecule has 0 radical (unpaired) electrons. The number of benzene rings is 2. The van der Waals surface area contributed by atoms with Gasteiger partial charge >= 0.3 is 12.6 Å². The number of nitrogens with one attached hydrogen (secondary N) is 2. The molecule has 44 heavy (non-hydrogen) atoms. The number of ether oxygens (including phenoxy) is 1. The second-order valence-corrected chi connectivity index (χ2v) is 9.84. The third kappa shape index (κ3) is 6.40. The lowest BCUT2D eigenvalue weighted by atomic mass is 9.87. The van der Waals surface area contributed by atoms with Gasteiger partial charge in [-0.1, -0.05) is 0 Å². The molecule has 3 atom stereocenters. The van der Waals surface area contributed by atoms with Crippen molar-refractivity contribution in [2.75, 3.05) is 18.4 Å². The molecule has 0 saturated heterocycles. The van der Waals surface area contributed by atoms with Crippen molar-refractivity contribution in [3.8, 4) is 11.4 Å². The SMILES string of the molecule is NC(=O)c1cc(NC2=NCC(F)CN2)c2cnn(C(C(N)=O)[C@@H](CC(=O)O)c3cc(OC(F)F)cc(-n4cccn4)c3)c2c1. The predicted molar refractivity (Wildman–Crippen MR) is 150 cm³/mol. The van der Waals surface area contributed by atoms with Crippen LogP contribution in [0.1, 0.15) is 34.3 Å². The first-order chi connectivity index (χ1) is 21.0. The van der Waals surface area contributed by atoms with E-state index in [0.717, 1.165) is 4.68 Å². The standard InChI is InChI=1S/C27H26F3N9O5/c28-15-10-33-27(34-11-15)37-20-6-14(24(31)42)7-21-19(20)12-36-39(21)23(25(32)43)18(9-22(40)41)13-4-16(38-3-1-2-35-38)8-17(5-13)44-26(29)30/h1-8,12,15,18,23,26H,9-11H2,(H2,31,42)(H2,32,43)(H,40,41)(H2,33,34,37)/t18-,23?/m0/s1. The summed E-state index contributed by atoms with van der Waals surface area (Å²) in [6, 6.07) is 6.76. The fourth-order valence-electron chi connectivity index (χ4n) is 4.98. The second-order valence-electron chi connectivity index (χ2n) is 9.84. The molecule has 4 aromatic rings. The number of fused-ring (bicyclic) bond motifs is 1. The minimum Gasteiger partial charge on any atom is -0.481 e. The number of halogens is 3. The van der Waals surface area contributed by atoms with E-state index in [9.17, 15) is 32.7 Å². The van der Waals surface area contributed by atoms with Gasteiger partial charge in [0.2, 0.25) is 11.8 Å². The van der Waals surface area contributed by atoms with Crippen molar-refractivity contribution in [1.29, 1.82) is 0 Å². The van der Waals surface area contributed by atoms with Crippen molar-refractivity contribution in [2.45, 2.75) is 31.2 Å². The molecule has 17 heteroatoms. The highest BCUT2D eigenvalue weighted by molar-refractivity contribution is 6.07. The smallest absolute Gasteiger partial charge is 0.387 e. The minimum atomic E-state index is -3.20. The summed E-state index contributed by atoms with van der Waals surface area (Å²) in [7, 11) is 0. The van der Waals surface area contributed by atoms with Crippen molar-refractivity contribution in [3.63, 3.8) is 0 Å². The van der Waals surface area contributed by atoms with E-state index in [1.807, 2.05) is 0 Å². The molecule has 0 aliphatic carbocycles. The number of hydrogen-bond donors (Lipinski definition) is 5. The second kappa shape index (κ2) is 12.3. The number of carboxylic acid groups (broad SMARTS) is 1. The molecule has 2 amide bonds. The van der Waals surface area contributed by atoms with Crippen LogP contribution in [0.15, 0.2) is 60.0 Å². The molecule has 7 N–H and O–H groups in total. The van der Waals surface area contributed by atoms with Gasteiger partial charge in [-0.05, 0) is 35.9 Å². The summed E-state index contributed by atoms with van der Waals surface area (Å²) in [5, 5.41) is 24.4. The Morgan fingerprint density at radius 2 is 1.95 bits per heavy atom. The molecule has 0 saturated carbocycles. The van der Waals surface area contributed by atoms with E-state index in [-0.39, 0.29) is 52.8 Å². The van der Waals surface area contributed by atoms with Gasteiger partial charge < -0.3 is 31.9 Å². The normalized spacial score (nSPS) is 16.2. The van der Waals surface area contributed by atoms with Gasteiger partial charge in [-0.15, -0.1) is 0 Å². The summed E-state index contributed by atoms with van der Waals surface area (Å²) in [6.07, 6.45) is 2.47. The van der Waals surface area contributed by atoms with E-state index >= 15 is 0 Å². The summed E-state index contributed by atoms with van der Waals surface area (Å²) in [6.45, 7) is -3.30. The van der Waals surface area contributed by atoms with Crippen LogP contribution in [0, 0.1) is 0 Å². The molecule has 0 spiro atoms. The van der Waals surface area contributed by atoms with Crippen molar-refractivity contribution >= 4 is 40.3 Å². The van der Waals surface area contributed by atoms with Crippen molar-refractivity contribution < 1.29 is 37.4 Å². The van der Waals surface area contributed by atoms with Crippen LogP contribution in [-0.4, -0.2) is 74.3 Å². The summed E-state index contributed by atoms with van der Waals surface area (Å²) in [4.78, 5) is 41.5. The monoisotopic (exact) mass is 613 g/mol. The number of carboxylic acids is 1. The van der Waals surface area contributed by atoms with Crippen LogP contribution in [0.25, 0.3) is 16.6 Å². The third-order valence-electron chi connectivity index (χ3n) is 6.86. The number of anilines is 1. The van der Waals surface area contributed by atoms with Crippen LogP contribution in [-0.2, 0) is 9.59 Å². The molecule has 0 fully saturated rings. The number of carbonyl (C=O) groups excluding carboxylic acids is 2. The number of alkyl halides is 3. The summed E-state index contributed by atoms with van der Waals surface area (Å²) < 4.78 is 47.2. The summed E-state index contributed by atoms with van der Waals surface area (Å²) >= 11 is 0. The Labute approximate surface area is 246 Å². The molecule has 230 valence electrons. The number of guanidine groups is 1. The third-order valence-corrected chi connectivity index (χ3v) is 6.86. The highest BCUT2D eigenvalue weighted by Gasteiger charge is 2.35. The quantitative estimate of drug-likeness (QED) is 0.167. The molecular formula is C27H26F3N9O5. The number of primary amides is 2. The Balaban J connectivity index is 1.67. The Hall–Kier alpha value is -5.61. The number of aromatic nitrogens is 4. The lowest BCUT2D eigenvalue weighted by Crippen LogP contribution is -2.41. The number of aliphatic imine (C=N–C) groups is 1. The largest absolute Gasteiger partial charge is 0.481 e. The van der Waals surface area contributed by atoms with Gasteiger partial charge in [0, 0.05) is 35.3 Å². The van der Waals surface area contributed by atoms with Gasteiger partial charge in [0.1, 0.15) is 18.0 Å². The number of aliphatic carboxylic acids is 1. The Kier molecular flexibility index (Phi) is 8.36. The number of nitrogens with two attached hydrogens (primary N) is 2. The summed E-state index contributed by atoms with van der Waals surface area (Å²) in [5.41, 5.74) is 12.2. The number of rotatable bonds is 11. The highest BCUT2D eigenvalue weighted by atomic mass is 19.3. The van der Waals surface area contributed by atoms with E-state index in [1.54, 1.807) is 6.07 Å². The zero-order valence-corrected chi connectivity index (χ0v) is 22.7. The van der Waals surface area contributed by atoms with Crippen molar-refractivity contribution in [3.05, 3.63) is 66.1 Å². The molecule has 14 nitrogen and oxygen atoms in total. The van der Waals surface area contributed by atoms with Crippen LogP contribution in [0.2, 0.25) is 0 Å². The molecule has 0 bridgehead atoms. The van der Waals surface area contributed by atoms with E-state index in [2.05, 4.69) is 30.6 Å². The zero-order valence-electron chi connectivity index (χ0n) is 22.7. The van der Waals surface area contributed by atoms with E-state index in [0.29, 0.717) is 5.39 Å². The van der Waals surface area contributed by atoms with Crippen molar-refractivity contribution in [2.24, 2.45) is 16.5 Å². The molecule has 2 aromatic heterocycles. The first kappa shape index (κ1) is 29.9. The number of carbonyl (C=O) groups is 3. The first-order valence-corrected chi connectivity index (χ1v) is 13.1. The average Bonchev–Trinajstić information content (AvgIpc) is 3.64. The van der Waals surface area contributed by atoms with Crippen LogP contribution < -0.4 is 26.8 Å². The van der Waals surface area contributed by atoms with Gasteiger partial charge in [-0.3, -0.25) is 19.1 Å². The van der Waals surface area contributed by atoms with E-state index < -0.39 is 48.9 Å². The number of nitrogens with zero attached hydrogens (tertiary/aromatic N) is 5. The predicted octanol–water partition coefficient (Wildman–Crippen LogP) is 1.92. The minimum absolute atomic E-state index is 0.000771. The molecular weight excluding hydrogens is 587 g/mol. The maximum atomic E-state index is 13.6. The van der Waals surface area contributed by atoms with Crippen molar-refractivity contribution in [1.82, 2.24) is 24.9 Å². The Morgan fingerprint density at radius 3 is 2.57 bits per heavy atom. The fraction of sp³-hybridized carbons (Fsp3) is 0.259. The number of amides is 2. The molecule has 2 unspecified atom stereocenters. The van der Waals surface area contributed by atoms with Gasteiger partial charge in [0.15, 0.2) is 5.96 Å². The van der Waals surface area contributed by atoms with Gasteiger partial charge in [-0.25, -0.2) is 14.1 Å². The van der Waals surface area contributed by atoms with E-state index in [1.165, 1.54) is 53.6 Å². The molecule has 1 aliphatic rings. The molecule has 3 heterocycles. The average molecular weight is 614 g/mol. The highest BCUT2D eigenvalue weighted by Crippen LogP contribution is 2.38. The Morgan fingerprint density at radius 1 is 1.16 bits per heavy atom. The fourth-order valence-corrected chi connectivity index (χ4v) is 4.98. The topological polar surface area (TPSA) is 205 Å². The van der Waals surface area contributed by atoms with Crippen LogP contribution in [0.4, 0.5) is 18.9 Å². The summed E-state index contributed by atoms with van der Waals surface area (Å²) in [5.74, 6) is -4.54. The van der Waals surface area contributed by atoms with E-state index in [4.69, 9.17) is 11.5 Å². The van der Waals surface area contributed by atoms with Crippen LogP contribution in [0.3, 0.4) is 0 Å². The molecule has 2 aromatic carbocycles.